The van der Waals surface area contributed by atoms with E-state index in [9.17, 15) is 13.2 Å². The average Bonchev–Trinajstić information content (AvgIpc) is 2.46. The predicted octanol–water partition coefficient (Wildman–Crippen LogP) is 1.38. The fraction of sp³-hybridized carbons (Fsp3) is 0. The molecule has 2 N–H and O–H groups in total. The standard InChI is InChI=1S/C13H11N3O4S/c17-13(18)8-5-10-3-6-11(7-4-10)21(19,20)16-12-2-1-9-14-15-12/h1-9H,(H,15,16)(H,17,18)/b8-5+. The molecule has 7 nitrogen and oxygen atoms in total. The topological polar surface area (TPSA) is 109 Å². The van der Waals surface area contributed by atoms with Gasteiger partial charge in [-0.25, -0.2) is 13.2 Å². The summed E-state index contributed by atoms with van der Waals surface area (Å²) in [6.07, 6.45) is 3.78. The fourth-order valence-corrected chi connectivity index (χ4v) is 2.47. The lowest BCUT2D eigenvalue weighted by Gasteiger charge is -2.06. The maximum atomic E-state index is 12.1. The molecular weight excluding hydrogens is 294 g/mol. The van der Waals surface area contributed by atoms with Gasteiger partial charge in [-0.1, -0.05) is 12.1 Å². The van der Waals surface area contributed by atoms with E-state index in [1.54, 1.807) is 6.07 Å². The molecule has 1 aromatic carbocycles. The molecule has 8 heteroatoms. The molecule has 1 heterocycles. The van der Waals surface area contributed by atoms with Gasteiger partial charge in [0.1, 0.15) is 0 Å². The van der Waals surface area contributed by atoms with E-state index in [1.165, 1.54) is 42.6 Å². The summed E-state index contributed by atoms with van der Waals surface area (Å²) >= 11 is 0. The highest BCUT2D eigenvalue weighted by Gasteiger charge is 2.14. The van der Waals surface area contributed by atoms with Crippen LogP contribution < -0.4 is 4.72 Å². The molecule has 0 fully saturated rings. The van der Waals surface area contributed by atoms with Crippen LogP contribution in [0.4, 0.5) is 5.82 Å². The number of sulfonamides is 1. The van der Waals surface area contributed by atoms with Crippen molar-refractivity contribution in [1.29, 1.82) is 0 Å². The number of anilines is 1. The molecule has 0 aliphatic rings. The summed E-state index contributed by atoms with van der Waals surface area (Å²) in [5.74, 6) is -0.955. The fourth-order valence-electron chi connectivity index (χ4n) is 1.48. The van der Waals surface area contributed by atoms with Crippen molar-refractivity contribution in [3.8, 4) is 0 Å². The summed E-state index contributed by atoms with van der Waals surface area (Å²) in [7, 11) is -3.75. The molecule has 0 radical (unpaired) electrons. The number of hydrogen-bond acceptors (Lipinski definition) is 5. The minimum Gasteiger partial charge on any atom is -0.478 e. The normalized spacial score (nSPS) is 11.4. The summed E-state index contributed by atoms with van der Waals surface area (Å²) in [5, 5.41) is 15.7. The molecule has 1 aromatic heterocycles. The Morgan fingerprint density at radius 1 is 1.19 bits per heavy atom. The third-order valence-corrected chi connectivity index (χ3v) is 3.79. The number of hydrogen-bond donors (Lipinski definition) is 2. The molecule has 21 heavy (non-hydrogen) atoms. The van der Waals surface area contributed by atoms with Gasteiger partial charge in [-0.2, -0.15) is 5.10 Å². The number of aromatic nitrogens is 2. The first-order chi connectivity index (χ1) is 9.97. The molecule has 0 saturated heterocycles. The highest BCUT2D eigenvalue weighted by atomic mass is 32.2. The summed E-state index contributed by atoms with van der Waals surface area (Å²) < 4.78 is 26.5. The van der Waals surface area contributed by atoms with Crippen LogP contribution in [0.25, 0.3) is 6.08 Å². The highest BCUT2D eigenvalue weighted by Crippen LogP contribution is 2.15. The van der Waals surface area contributed by atoms with Gasteiger partial charge in [0.2, 0.25) is 0 Å². The number of aliphatic carboxylic acids is 1. The Hall–Kier alpha value is -2.74. The van der Waals surface area contributed by atoms with Gasteiger partial charge in [-0.3, -0.25) is 4.72 Å². The average molecular weight is 305 g/mol. The van der Waals surface area contributed by atoms with E-state index in [4.69, 9.17) is 5.11 Å². The van der Waals surface area contributed by atoms with E-state index in [-0.39, 0.29) is 10.7 Å². The van der Waals surface area contributed by atoms with Crippen molar-refractivity contribution in [2.75, 3.05) is 4.72 Å². The monoisotopic (exact) mass is 305 g/mol. The number of carbonyl (C=O) groups is 1. The highest BCUT2D eigenvalue weighted by molar-refractivity contribution is 7.92. The van der Waals surface area contributed by atoms with Crippen LogP contribution in [0.5, 0.6) is 0 Å². The largest absolute Gasteiger partial charge is 0.478 e. The number of nitrogens with zero attached hydrogens (tertiary/aromatic N) is 2. The second kappa shape index (κ2) is 6.14. The van der Waals surface area contributed by atoms with Crippen molar-refractivity contribution < 1.29 is 18.3 Å². The molecule has 0 aliphatic heterocycles. The zero-order valence-corrected chi connectivity index (χ0v) is 11.5. The lowest BCUT2D eigenvalue weighted by Crippen LogP contribution is -2.14. The SMILES string of the molecule is O=C(O)/C=C/c1ccc(S(=O)(=O)Nc2cccnn2)cc1. The van der Waals surface area contributed by atoms with Crippen molar-refractivity contribution in [3.05, 3.63) is 54.2 Å². The van der Waals surface area contributed by atoms with Crippen molar-refractivity contribution >= 4 is 27.9 Å². The van der Waals surface area contributed by atoms with Gasteiger partial charge in [0.05, 0.1) is 4.90 Å². The maximum Gasteiger partial charge on any atom is 0.328 e. The van der Waals surface area contributed by atoms with E-state index in [1.807, 2.05) is 0 Å². The van der Waals surface area contributed by atoms with Crippen molar-refractivity contribution in [2.45, 2.75) is 4.90 Å². The van der Waals surface area contributed by atoms with Crippen molar-refractivity contribution in [3.63, 3.8) is 0 Å². The third kappa shape index (κ3) is 4.11. The van der Waals surface area contributed by atoms with Gasteiger partial charge in [-0.15, -0.1) is 5.10 Å². The zero-order valence-electron chi connectivity index (χ0n) is 10.7. The van der Waals surface area contributed by atoms with Crippen LogP contribution in [0.3, 0.4) is 0 Å². The summed E-state index contributed by atoms with van der Waals surface area (Å²) in [4.78, 5) is 10.4. The number of nitrogens with one attached hydrogen (secondary N) is 1. The first-order valence-electron chi connectivity index (χ1n) is 5.79. The molecule has 0 bridgehead atoms. The summed E-state index contributed by atoms with van der Waals surface area (Å²) in [6, 6.07) is 8.80. The van der Waals surface area contributed by atoms with E-state index in [0.717, 1.165) is 6.08 Å². The van der Waals surface area contributed by atoms with Crippen molar-refractivity contribution in [2.24, 2.45) is 0 Å². The first kappa shape index (κ1) is 14.7. The molecule has 0 amide bonds. The van der Waals surface area contributed by atoms with Crippen molar-refractivity contribution in [1.82, 2.24) is 10.2 Å². The van der Waals surface area contributed by atoms with Gasteiger partial charge in [-0.05, 0) is 35.9 Å². The minimum atomic E-state index is -3.75. The van der Waals surface area contributed by atoms with Crippen LogP contribution in [0, 0.1) is 0 Å². The van der Waals surface area contributed by atoms with Gasteiger partial charge in [0, 0.05) is 12.3 Å². The van der Waals surface area contributed by atoms with Crippen LogP contribution in [-0.4, -0.2) is 29.7 Å². The minimum absolute atomic E-state index is 0.0422. The van der Waals surface area contributed by atoms with Gasteiger partial charge in [0.15, 0.2) is 5.82 Å². The number of carboxylic acids is 1. The summed E-state index contributed by atoms with van der Waals surface area (Å²) in [6.45, 7) is 0. The van der Waals surface area contributed by atoms with Crippen LogP contribution in [0.15, 0.2) is 53.6 Å². The van der Waals surface area contributed by atoms with Gasteiger partial charge >= 0.3 is 5.97 Å². The smallest absolute Gasteiger partial charge is 0.328 e. The molecule has 108 valence electrons. The zero-order chi connectivity index (χ0) is 15.3. The molecule has 0 atom stereocenters. The molecule has 2 rings (SSSR count). The Kier molecular flexibility index (Phi) is 4.29. The lowest BCUT2D eigenvalue weighted by atomic mass is 10.2. The Morgan fingerprint density at radius 3 is 2.48 bits per heavy atom. The second-order valence-electron chi connectivity index (χ2n) is 3.96. The maximum absolute atomic E-state index is 12.1. The van der Waals surface area contributed by atoms with Crippen LogP contribution in [0.2, 0.25) is 0 Å². The second-order valence-corrected chi connectivity index (χ2v) is 5.64. The molecule has 0 aliphatic carbocycles. The van der Waals surface area contributed by atoms with Gasteiger partial charge < -0.3 is 5.11 Å². The van der Waals surface area contributed by atoms with E-state index < -0.39 is 16.0 Å². The number of carboxylic acid groups (broad SMARTS) is 1. The third-order valence-electron chi connectivity index (χ3n) is 2.42. The van der Waals surface area contributed by atoms with Gasteiger partial charge in [0.25, 0.3) is 10.0 Å². The number of rotatable bonds is 5. The Labute approximate surface area is 121 Å². The molecule has 0 spiro atoms. The predicted molar refractivity (Wildman–Crippen MR) is 76.0 cm³/mol. The molecule has 0 unspecified atom stereocenters. The van der Waals surface area contributed by atoms with E-state index >= 15 is 0 Å². The number of benzene rings is 1. The Balaban J connectivity index is 2.19. The quantitative estimate of drug-likeness (QED) is 0.808. The molecule has 0 saturated carbocycles. The first-order valence-corrected chi connectivity index (χ1v) is 7.27. The summed E-state index contributed by atoms with van der Waals surface area (Å²) in [5.41, 5.74) is 0.579. The molecular formula is C13H11N3O4S. The van der Waals surface area contributed by atoms with Crippen LogP contribution in [0.1, 0.15) is 5.56 Å². The van der Waals surface area contributed by atoms with E-state index in [0.29, 0.717) is 5.56 Å². The van der Waals surface area contributed by atoms with E-state index in [2.05, 4.69) is 14.9 Å². The van der Waals surface area contributed by atoms with Crippen LogP contribution >= 0.6 is 0 Å². The molecule has 2 aromatic rings. The lowest BCUT2D eigenvalue weighted by molar-refractivity contribution is -0.131. The van der Waals surface area contributed by atoms with Crippen LogP contribution in [-0.2, 0) is 14.8 Å². The Morgan fingerprint density at radius 2 is 1.90 bits per heavy atom. The Bertz CT molecular complexity index is 756.